The highest BCUT2D eigenvalue weighted by Crippen LogP contribution is 2.25. The molecule has 0 bridgehead atoms. The molecule has 2 heteroatoms. The molecule has 100 valence electrons. The van der Waals surface area contributed by atoms with E-state index >= 15 is 0 Å². The number of aromatic nitrogens is 1. The normalized spacial score (nSPS) is 12.0. The monoisotopic (exact) mass is 262 g/mol. The average Bonchev–Trinajstić information content (AvgIpc) is 2.45. The molecule has 1 aromatic carbocycles. The Balaban J connectivity index is 2.74. The number of hydrogen-bond acceptors (Lipinski definition) is 2. The SMILES string of the molecule is C=Cc1nc(C(/C=C\C)=C/N=C)cc2cc(C)ccc12. The molecule has 0 spiro atoms. The van der Waals surface area contributed by atoms with Gasteiger partial charge in [-0.2, -0.15) is 0 Å². The highest BCUT2D eigenvalue weighted by Gasteiger charge is 2.06. The zero-order chi connectivity index (χ0) is 14.5. The van der Waals surface area contributed by atoms with Gasteiger partial charge >= 0.3 is 0 Å². The number of benzene rings is 1. The summed E-state index contributed by atoms with van der Waals surface area (Å²) in [6, 6.07) is 8.41. The molecule has 1 aromatic heterocycles. The van der Waals surface area contributed by atoms with Gasteiger partial charge in [-0.3, -0.25) is 4.99 Å². The first kappa shape index (κ1) is 13.9. The molecule has 20 heavy (non-hydrogen) atoms. The van der Waals surface area contributed by atoms with Gasteiger partial charge in [0.2, 0.25) is 0 Å². The standard InChI is InChI=1S/C18H18N2/c1-5-7-14(12-19-4)18-11-15-10-13(3)8-9-16(15)17(6-2)20-18/h5-12H,2,4H2,1,3H3/b7-5-,14-12+. The van der Waals surface area contributed by atoms with E-state index in [0.29, 0.717) is 0 Å². The smallest absolute Gasteiger partial charge is 0.0731 e. The number of nitrogens with zero attached hydrogens (tertiary/aromatic N) is 2. The van der Waals surface area contributed by atoms with Gasteiger partial charge < -0.3 is 0 Å². The van der Waals surface area contributed by atoms with Crippen LogP contribution in [0.1, 0.15) is 23.9 Å². The van der Waals surface area contributed by atoms with E-state index in [1.807, 2.05) is 19.1 Å². The lowest BCUT2D eigenvalue weighted by Gasteiger charge is -2.08. The summed E-state index contributed by atoms with van der Waals surface area (Å²) in [4.78, 5) is 8.52. The van der Waals surface area contributed by atoms with Gasteiger partial charge in [0.15, 0.2) is 0 Å². The molecule has 0 amide bonds. The Morgan fingerprint density at radius 3 is 2.75 bits per heavy atom. The third kappa shape index (κ3) is 2.75. The minimum absolute atomic E-state index is 0.878. The van der Waals surface area contributed by atoms with E-state index in [1.165, 1.54) is 5.56 Å². The first-order chi connectivity index (χ1) is 9.69. The number of aliphatic imine (C=N–C) groups is 1. The molecule has 0 saturated heterocycles. The first-order valence-electron chi connectivity index (χ1n) is 6.52. The molecule has 0 aliphatic heterocycles. The zero-order valence-corrected chi connectivity index (χ0v) is 11.9. The number of rotatable bonds is 4. The Bertz CT molecular complexity index is 722. The Hall–Kier alpha value is -2.48. The first-order valence-corrected chi connectivity index (χ1v) is 6.52. The van der Waals surface area contributed by atoms with Crippen molar-refractivity contribution >= 4 is 29.1 Å². The maximum absolute atomic E-state index is 4.66. The molecule has 2 nitrogen and oxygen atoms in total. The molecule has 0 aliphatic rings. The van der Waals surface area contributed by atoms with Crippen molar-refractivity contribution in [1.29, 1.82) is 0 Å². The van der Waals surface area contributed by atoms with Crippen molar-refractivity contribution < 1.29 is 0 Å². The van der Waals surface area contributed by atoms with Gasteiger partial charge in [-0.1, -0.05) is 42.5 Å². The van der Waals surface area contributed by atoms with Gasteiger partial charge in [0, 0.05) is 17.2 Å². The quantitative estimate of drug-likeness (QED) is 0.573. The van der Waals surface area contributed by atoms with Gasteiger partial charge in [-0.15, -0.1) is 0 Å². The number of pyridine rings is 1. The highest BCUT2D eigenvalue weighted by atomic mass is 14.7. The minimum Gasteiger partial charge on any atom is -0.272 e. The summed E-state index contributed by atoms with van der Waals surface area (Å²) in [5.41, 5.74) is 3.93. The van der Waals surface area contributed by atoms with Crippen molar-refractivity contribution in [1.82, 2.24) is 4.98 Å². The van der Waals surface area contributed by atoms with Gasteiger partial charge in [0.25, 0.3) is 0 Å². The van der Waals surface area contributed by atoms with Crippen LogP contribution in [-0.2, 0) is 0 Å². The van der Waals surface area contributed by atoms with E-state index in [0.717, 1.165) is 27.7 Å². The molecule has 0 N–H and O–H groups in total. The summed E-state index contributed by atoms with van der Waals surface area (Å²) < 4.78 is 0. The van der Waals surface area contributed by atoms with Crippen LogP contribution in [0.25, 0.3) is 22.4 Å². The highest BCUT2D eigenvalue weighted by molar-refractivity contribution is 5.92. The van der Waals surface area contributed by atoms with Crippen LogP contribution in [0.4, 0.5) is 0 Å². The molecule has 2 rings (SSSR count). The van der Waals surface area contributed by atoms with Crippen LogP contribution in [0, 0.1) is 6.92 Å². The molecule has 0 radical (unpaired) electrons. The molecular weight excluding hydrogens is 244 g/mol. The second-order valence-electron chi connectivity index (χ2n) is 4.59. The van der Waals surface area contributed by atoms with Crippen LogP contribution in [0.15, 0.2) is 54.2 Å². The Morgan fingerprint density at radius 2 is 2.10 bits per heavy atom. The predicted molar refractivity (Wildman–Crippen MR) is 88.9 cm³/mol. The second kappa shape index (κ2) is 6.11. The molecule has 0 aliphatic carbocycles. The molecule has 0 unspecified atom stereocenters. The van der Waals surface area contributed by atoms with Crippen LogP contribution < -0.4 is 0 Å². The Morgan fingerprint density at radius 1 is 1.30 bits per heavy atom. The lowest BCUT2D eigenvalue weighted by atomic mass is 10.0. The van der Waals surface area contributed by atoms with Gasteiger partial charge in [-0.25, -0.2) is 4.98 Å². The fourth-order valence-electron chi connectivity index (χ4n) is 2.18. The lowest BCUT2D eigenvalue weighted by Crippen LogP contribution is -1.93. The van der Waals surface area contributed by atoms with Gasteiger partial charge in [-0.05, 0) is 38.1 Å². The van der Waals surface area contributed by atoms with E-state index in [9.17, 15) is 0 Å². The topological polar surface area (TPSA) is 25.2 Å². The fourth-order valence-corrected chi connectivity index (χ4v) is 2.18. The Kier molecular flexibility index (Phi) is 4.26. The van der Waals surface area contributed by atoms with Crippen molar-refractivity contribution in [3.05, 3.63) is 66.1 Å². The molecule has 1 heterocycles. The minimum atomic E-state index is 0.878. The van der Waals surface area contributed by atoms with Crippen LogP contribution in [-0.4, -0.2) is 11.7 Å². The van der Waals surface area contributed by atoms with E-state index < -0.39 is 0 Å². The van der Waals surface area contributed by atoms with E-state index in [2.05, 4.69) is 54.5 Å². The molecule has 0 atom stereocenters. The maximum atomic E-state index is 4.66. The van der Waals surface area contributed by atoms with Gasteiger partial charge in [0.1, 0.15) is 0 Å². The zero-order valence-electron chi connectivity index (χ0n) is 11.9. The van der Waals surface area contributed by atoms with Crippen molar-refractivity contribution in [2.75, 3.05) is 0 Å². The predicted octanol–water partition coefficient (Wildman–Crippen LogP) is 4.80. The number of allylic oxidation sites excluding steroid dienone is 3. The van der Waals surface area contributed by atoms with Crippen LogP contribution in [0.2, 0.25) is 0 Å². The number of hydrogen-bond donors (Lipinski definition) is 0. The van der Waals surface area contributed by atoms with Crippen LogP contribution in [0.5, 0.6) is 0 Å². The third-order valence-electron chi connectivity index (χ3n) is 3.08. The van der Waals surface area contributed by atoms with Crippen LogP contribution in [0.3, 0.4) is 0 Å². The Labute approximate surface area is 119 Å². The van der Waals surface area contributed by atoms with Crippen LogP contribution >= 0.6 is 0 Å². The average molecular weight is 262 g/mol. The second-order valence-corrected chi connectivity index (χ2v) is 4.59. The summed E-state index contributed by atoms with van der Waals surface area (Å²) >= 11 is 0. The summed E-state index contributed by atoms with van der Waals surface area (Å²) in [7, 11) is 0. The summed E-state index contributed by atoms with van der Waals surface area (Å²) in [6.45, 7) is 11.4. The van der Waals surface area contributed by atoms with E-state index in [4.69, 9.17) is 0 Å². The third-order valence-corrected chi connectivity index (χ3v) is 3.08. The van der Waals surface area contributed by atoms with Gasteiger partial charge in [0.05, 0.1) is 11.4 Å². The van der Waals surface area contributed by atoms with Crippen molar-refractivity contribution in [2.24, 2.45) is 4.99 Å². The summed E-state index contributed by atoms with van der Waals surface area (Å²) in [5, 5.41) is 2.27. The van der Waals surface area contributed by atoms with E-state index in [1.54, 1.807) is 12.3 Å². The molecule has 0 fully saturated rings. The number of aryl methyl sites for hydroxylation is 1. The summed E-state index contributed by atoms with van der Waals surface area (Å²) in [5.74, 6) is 0. The lowest BCUT2D eigenvalue weighted by molar-refractivity contribution is 1.28. The largest absolute Gasteiger partial charge is 0.272 e. The van der Waals surface area contributed by atoms with E-state index in [-0.39, 0.29) is 0 Å². The maximum Gasteiger partial charge on any atom is 0.0731 e. The van der Waals surface area contributed by atoms with Crippen molar-refractivity contribution in [2.45, 2.75) is 13.8 Å². The van der Waals surface area contributed by atoms with Crippen molar-refractivity contribution in [3.8, 4) is 0 Å². The molecule has 0 saturated carbocycles. The summed E-state index contributed by atoms with van der Waals surface area (Å²) in [6.07, 6.45) is 7.45. The molecule has 2 aromatic rings. The fraction of sp³-hybridized carbons (Fsp3) is 0.111. The number of fused-ring (bicyclic) bond motifs is 1. The van der Waals surface area contributed by atoms with Crippen molar-refractivity contribution in [3.63, 3.8) is 0 Å². The molecular formula is C18H18N2.